The second-order valence-corrected chi connectivity index (χ2v) is 16.4. The molecule has 17 nitrogen and oxygen atoms in total. The summed E-state index contributed by atoms with van der Waals surface area (Å²) < 4.78 is 43.8. The van der Waals surface area contributed by atoms with Gasteiger partial charge in [0.15, 0.2) is 38.9 Å². The van der Waals surface area contributed by atoms with E-state index in [9.17, 15) is 47.9 Å². The number of amides is 2. The lowest BCUT2D eigenvalue weighted by atomic mass is 9.93. The van der Waals surface area contributed by atoms with Gasteiger partial charge in [-0.15, -0.1) is 0 Å². The number of hydrogen-bond donors (Lipinski definition) is 3. The van der Waals surface area contributed by atoms with Crippen LogP contribution >= 0.6 is 0 Å². The lowest BCUT2D eigenvalue weighted by Crippen LogP contribution is -2.60. The van der Waals surface area contributed by atoms with Gasteiger partial charge in [-0.3, -0.25) is 19.9 Å². The molecule has 0 unspecified atom stereocenters. The number of aromatic hydroxyl groups is 2. The molecule has 2 saturated heterocycles. The van der Waals surface area contributed by atoms with Crippen molar-refractivity contribution in [2.24, 2.45) is 0 Å². The van der Waals surface area contributed by atoms with Gasteiger partial charge in [0.1, 0.15) is 17.1 Å². The van der Waals surface area contributed by atoms with Gasteiger partial charge in [-0.1, -0.05) is 66.7 Å². The van der Waals surface area contributed by atoms with Crippen LogP contribution in [0.3, 0.4) is 0 Å². The predicted molar refractivity (Wildman–Crippen MR) is 211 cm³/mol. The Morgan fingerprint density at radius 2 is 1.58 bits per heavy atom. The highest BCUT2D eigenvalue weighted by atomic mass is 32.2. The zero-order chi connectivity index (χ0) is 42.8. The fraction of sp³-hybridized carbons (Fsp3) is 0.167. The third-order valence-electron chi connectivity index (χ3n) is 10.0. The number of esters is 2. The summed E-state index contributed by atoms with van der Waals surface area (Å²) in [5, 5.41) is 31.1. The summed E-state index contributed by atoms with van der Waals surface area (Å²) in [5.74, 6) is -3.62. The topological polar surface area (TPSA) is 242 Å². The molecule has 18 heteroatoms. The number of phenolic OH excluding ortho intramolecular Hbond substituents is 2. The number of alkyl carbamates (subject to hydrolysis) is 1. The quantitative estimate of drug-likeness (QED) is 0.0286. The van der Waals surface area contributed by atoms with Crippen molar-refractivity contribution in [3.63, 3.8) is 0 Å². The minimum Gasteiger partial charge on any atom is -0.504 e. The summed E-state index contributed by atoms with van der Waals surface area (Å²) in [4.78, 5) is 69.8. The molecule has 2 amide bonds. The maximum absolute atomic E-state index is 14.6. The average Bonchev–Trinajstić information content (AvgIpc) is 3.41. The first-order valence-electron chi connectivity index (χ1n) is 18.1. The van der Waals surface area contributed by atoms with Crippen LogP contribution in [0.25, 0.3) is 6.08 Å². The Labute approximate surface area is 341 Å². The van der Waals surface area contributed by atoms with Gasteiger partial charge in [0, 0.05) is 24.9 Å². The molecular weight excluding hydrogens is 801 g/mol. The summed E-state index contributed by atoms with van der Waals surface area (Å²) in [6, 6.07) is 26.7. The normalized spacial score (nSPS) is 19.5. The standard InChI is InChI=1S/C42H34N4O13S/c1-42(24-57-41(52)44-23-25-12-17-33(47)34(48)20-25)36(40(51)59-35(26-8-4-2-5-9-26)27-10-6-3-7-11-27)45-37(49)32(38(45)60(42,55)56)22-29-21-28(18-19-43-29)39(50)58-31-15-13-30(14-16-31)46(53)54/h2-22,35-36,38,47-48H,23-24H2,1H3,(H,44,52)/b32-22-/t36-,38+,42-/m0/s1. The Morgan fingerprint density at radius 1 is 0.933 bits per heavy atom. The lowest BCUT2D eigenvalue weighted by molar-refractivity contribution is -0.384. The maximum atomic E-state index is 14.6. The number of carbonyl (C=O) groups excluding carboxylic acids is 4. The van der Waals surface area contributed by atoms with Crippen molar-refractivity contribution in [1.82, 2.24) is 15.2 Å². The van der Waals surface area contributed by atoms with Crippen LogP contribution in [0.4, 0.5) is 10.5 Å². The zero-order valence-corrected chi connectivity index (χ0v) is 32.2. The molecule has 0 saturated carbocycles. The van der Waals surface area contributed by atoms with Gasteiger partial charge in [0.25, 0.3) is 11.6 Å². The number of aromatic nitrogens is 1. The molecular formula is C42H34N4O13S. The molecule has 3 N–H and O–H groups in total. The average molecular weight is 835 g/mol. The Bertz CT molecular complexity index is 2600. The second-order valence-electron chi connectivity index (χ2n) is 13.9. The number of non-ortho nitro benzene ring substituents is 1. The van der Waals surface area contributed by atoms with Crippen LogP contribution in [-0.4, -0.2) is 80.1 Å². The van der Waals surface area contributed by atoms with Gasteiger partial charge < -0.3 is 34.6 Å². The molecule has 0 spiro atoms. The van der Waals surface area contributed by atoms with Crippen molar-refractivity contribution < 1.29 is 56.9 Å². The number of nitro benzene ring substituents is 1. The van der Waals surface area contributed by atoms with Crippen molar-refractivity contribution in [3.05, 3.63) is 165 Å². The van der Waals surface area contributed by atoms with Gasteiger partial charge in [-0.2, -0.15) is 0 Å². The summed E-state index contributed by atoms with van der Waals surface area (Å²) in [5.41, 5.74) is 0.927. The third-order valence-corrected chi connectivity index (χ3v) is 12.7. The Kier molecular flexibility index (Phi) is 11.1. The second kappa shape index (κ2) is 16.3. The van der Waals surface area contributed by atoms with Crippen LogP contribution < -0.4 is 10.1 Å². The number of carbonyl (C=O) groups is 4. The molecule has 5 aromatic rings. The number of nitrogens with one attached hydrogen (secondary N) is 1. The Hall–Kier alpha value is -7.60. The van der Waals surface area contributed by atoms with Crippen molar-refractivity contribution >= 4 is 45.5 Å². The van der Waals surface area contributed by atoms with Gasteiger partial charge >= 0.3 is 18.0 Å². The molecule has 4 aromatic carbocycles. The predicted octanol–water partition coefficient (Wildman–Crippen LogP) is 4.99. The Balaban J connectivity index is 1.18. The highest BCUT2D eigenvalue weighted by Crippen LogP contribution is 2.50. The number of nitro groups is 1. The molecule has 2 aliphatic rings. The fourth-order valence-corrected chi connectivity index (χ4v) is 9.14. The number of phenols is 2. The monoisotopic (exact) mass is 834 g/mol. The number of pyridine rings is 1. The number of sulfone groups is 1. The first-order chi connectivity index (χ1) is 28.7. The van der Waals surface area contributed by atoms with E-state index in [2.05, 4.69) is 10.3 Å². The number of rotatable bonds is 12. The minimum atomic E-state index is -4.64. The number of ether oxygens (including phenoxy) is 3. The van der Waals surface area contributed by atoms with Crippen molar-refractivity contribution in [2.45, 2.75) is 35.7 Å². The molecule has 0 bridgehead atoms. The zero-order valence-electron chi connectivity index (χ0n) is 31.4. The van der Waals surface area contributed by atoms with Crippen LogP contribution in [0, 0.1) is 10.1 Å². The molecule has 60 heavy (non-hydrogen) atoms. The molecule has 2 fully saturated rings. The van der Waals surface area contributed by atoms with Crippen LogP contribution in [0.5, 0.6) is 17.2 Å². The minimum absolute atomic E-state index is 0.0109. The molecule has 3 atom stereocenters. The summed E-state index contributed by atoms with van der Waals surface area (Å²) in [6.07, 6.45) is 0.276. The van der Waals surface area contributed by atoms with Crippen molar-refractivity contribution in [3.8, 4) is 17.2 Å². The van der Waals surface area contributed by atoms with E-state index >= 15 is 0 Å². The molecule has 7 rings (SSSR count). The number of benzene rings is 4. The maximum Gasteiger partial charge on any atom is 0.407 e. The molecule has 3 heterocycles. The summed E-state index contributed by atoms with van der Waals surface area (Å²) >= 11 is 0. The molecule has 0 aliphatic carbocycles. The largest absolute Gasteiger partial charge is 0.504 e. The summed E-state index contributed by atoms with van der Waals surface area (Å²) in [6.45, 7) is 0.0831. The van der Waals surface area contributed by atoms with E-state index in [-0.39, 0.29) is 40.6 Å². The van der Waals surface area contributed by atoms with E-state index in [1.807, 2.05) is 0 Å². The number of β-lactam (4-membered cyclic amide) rings is 1. The van der Waals surface area contributed by atoms with Crippen LogP contribution in [0.1, 0.15) is 45.8 Å². The van der Waals surface area contributed by atoms with Crippen LogP contribution in [-0.2, 0) is 35.4 Å². The molecule has 1 aromatic heterocycles. The van der Waals surface area contributed by atoms with E-state index in [1.54, 1.807) is 60.7 Å². The van der Waals surface area contributed by atoms with Gasteiger partial charge in [-0.25, -0.2) is 22.8 Å². The van der Waals surface area contributed by atoms with E-state index in [0.29, 0.717) is 16.7 Å². The Morgan fingerprint density at radius 3 is 2.20 bits per heavy atom. The molecule has 0 radical (unpaired) electrons. The number of fused-ring (bicyclic) bond motifs is 1. The SMILES string of the molecule is C[C@]1(COC(=O)NCc2ccc(O)c(O)c2)[C@H](C(=O)OC(c2ccccc2)c2ccccc2)N2C(=O)/C(=C/c3cc(C(=O)Oc4ccc([N+](=O)[O-])cc4)ccn3)[C@H]2S1(=O)=O. The van der Waals surface area contributed by atoms with Crippen LogP contribution in [0.2, 0.25) is 0 Å². The van der Waals surface area contributed by atoms with Crippen molar-refractivity contribution in [2.75, 3.05) is 6.61 Å². The highest BCUT2D eigenvalue weighted by Gasteiger charge is 2.73. The number of hydrogen-bond acceptors (Lipinski definition) is 14. The van der Waals surface area contributed by atoms with E-state index < -0.39 is 73.3 Å². The van der Waals surface area contributed by atoms with Gasteiger partial charge in [-0.05, 0) is 66.1 Å². The molecule has 306 valence electrons. The van der Waals surface area contributed by atoms with E-state index in [4.69, 9.17) is 14.2 Å². The lowest BCUT2D eigenvalue weighted by Gasteiger charge is -2.39. The fourth-order valence-electron chi connectivity index (χ4n) is 6.87. The van der Waals surface area contributed by atoms with E-state index in [0.717, 1.165) is 23.1 Å². The van der Waals surface area contributed by atoms with E-state index in [1.165, 1.54) is 55.6 Å². The first-order valence-corrected chi connectivity index (χ1v) is 19.6. The van der Waals surface area contributed by atoms with Gasteiger partial charge in [0.05, 0.1) is 21.8 Å². The highest BCUT2D eigenvalue weighted by molar-refractivity contribution is 7.94. The smallest absolute Gasteiger partial charge is 0.407 e. The van der Waals surface area contributed by atoms with Crippen molar-refractivity contribution in [1.29, 1.82) is 0 Å². The first kappa shape index (κ1) is 40.6. The summed E-state index contributed by atoms with van der Waals surface area (Å²) in [7, 11) is -4.64. The molecule has 2 aliphatic heterocycles. The van der Waals surface area contributed by atoms with Gasteiger partial charge in [0.2, 0.25) is 0 Å². The number of nitrogens with zero attached hydrogens (tertiary/aromatic N) is 3. The third kappa shape index (κ3) is 7.82. The van der Waals surface area contributed by atoms with Crippen LogP contribution in [0.15, 0.2) is 127 Å².